The van der Waals surface area contributed by atoms with Gasteiger partial charge in [-0.1, -0.05) is 18.2 Å². The van der Waals surface area contributed by atoms with Crippen LogP contribution in [0.4, 0.5) is 4.79 Å². The van der Waals surface area contributed by atoms with Crippen LogP contribution in [0, 0.1) is 0 Å². The minimum atomic E-state index is -0.0469. The highest BCUT2D eigenvalue weighted by molar-refractivity contribution is 5.77. The van der Waals surface area contributed by atoms with Crippen LogP contribution in [-0.4, -0.2) is 41.2 Å². The molecule has 2 aliphatic rings. The van der Waals surface area contributed by atoms with Crippen LogP contribution in [0.1, 0.15) is 6.92 Å². The maximum absolute atomic E-state index is 11.8. The Morgan fingerprint density at radius 3 is 3.14 bits per heavy atom. The van der Waals surface area contributed by atoms with Crippen molar-refractivity contribution in [2.45, 2.75) is 19.0 Å². The molecule has 2 rings (SSSR count). The van der Waals surface area contributed by atoms with Gasteiger partial charge in [0.25, 0.3) is 0 Å². The highest BCUT2D eigenvalue weighted by Gasteiger charge is 2.41. The first-order chi connectivity index (χ1) is 6.74. The largest absolute Gasteiger partial charge is 0.345 e. The maximum atomic E-state index is 11.8. The van der Waals surface area contributed by atoms with Crippen LogP contribution in [0.3, 0.4) is 0 Å². The van der Waals surface area contributed by atoms with Gasteiger partial charge < -0.3 is 4.90 Å². The Kier molecular flexibility index (Phi) is 2.29. The highest BCUT2D eigenvalue weighted by atomic mass is 16.7. The zero-order valence-corrected chi connectivity index (χ0v) is 8.22. The molecule has 0 aromatic rings. The molecule has 2 aliphatic heterocycles. The van der Waals surface area contributed by atoms with E-state index in [2.05, 4.69) is 6.58 Å². The molecule has 2 heterocycles. The van der Waals surface area contributed by atoms with Crippen LogP contribution in [0.5, 0.6) is 0 Å². The Morgan fingerprint density at radius 2 is 2.50 bits per heavy atom. The summed E-state index contributed by atoms with van der Waals surface area (Å²) < 4.78 is 0. The summed E-state index contributed by atoms with van der Waals surface area (Å²) in [5, 5.41) is 1.43. The van der Waals surface area contributed by atoms with Crippen molar-refractivity contribution in [3.8, 4) is 0 Å². The maximum Gasteiger partial charge on any atom is 0.345 e. The third kappa shape index (κ3) is 1.32. The molecule has 14 heavy (non-hydrogen) atoms. The summed E-state index contributed by atoms with van der Waals surface area (Å²) in [5.41, 5.74) is 0. The average molecular weight is 194 g/mol. The molecule has 2 amide bonds. The third-order valence-electron chi connectivity index (χ3n) is 2.55. The SMILES string of the molecule is C=CCON1C(=O)N2C[C@H]1C=C[C@H]2C. The van der Waals surface area contributed by atoms with Crippen molar-refractivity contribution >= 4 is 6.03 Å². The zero-order valence-electron chi connectivity index (χ0n) is 8.22. The van der Waals surface area contributed by atoms with Gasteiger partial charge in [-0.05, 0) is 6.92 Å². The molecule has 0 unspecified atom stereocenters. The molecule has 4 nitrogen and oxygen atoms in total. The molecule has 0 saturated carbocycles. The number of carbonyl (C=O) groups excluding carboxylic acids is 1. The van der Waals surface area contributed by atoms with Crippen molar-refractivity contribution in [3.05, 3.63) is 24.8 Å². The summed E-state index contributed by atoms with van der Waals surface area (Å²) in [4.78, 5) is 18.9. The second kappa shape index (κ2) is 3.46. The van der Waals surface area contributed by atoms with Crippen LogP contribution in [-0.2, 0) is 4.84 Å². The van der Waals surface area contributed by atoms with Crippen molar-refractivity contribution in [1.82, 2.24) is 9.96 Å². The molecule has 0 aromatic heterocycles. The lowest BCUT2D eigenvalue weighted by molar-refractivity contribution is -0.107. The molecular weight excluding hydrogens is 180 g/mol. The topological polar surface area (TPSA) is 32.8 Å². The fourth-order valence-electron chi connectivity index (χ4n) is 1.78. The molecule has 76 valence electrons. The molecule has 4 heteroatoms. The number of hydrogen-bond acceptors (Lipinski definition) is 2. The van der Waals surface area contributed by atoms with Crippen LogP contribution in [0.2, 0.25) is 0 Å². The van der Waals surface area contributed by atoms with Crippen molar-refractivity contribution in [2.24, 2.45) is 0 Å². The van der Waals surface area contributed by atoms with Gasteiger partial charge in [-0.15, -0.1) is 6.58 Å². The lowest BCUT2D eigenvalue weighted by atomic mass is 10.1. The van der Waals surface area contributed by atoms with Gasteiger partial charge in [0.2, 0.25) is 0 Å². The van der Waals surface area contributed by atoms with Crippen molar-refractivity contribution in [2.75, 3.05) is 13.2 Å². The average Bonchev–Trinajstić information content (AvgIpc) is 2.44. The van der Waals surface area contributed by atoms with E-state index in [9.17, 15) is 4.79 Å². The van der Waals surface area contributed by atoms with E-state index < -0.39 is 0 Å². The molecule has 1 saturated heterocycles. The predicted molar refractivity (Wildman–Crippen MR) is 52.5 cm³/mol. The first-order valence-corrected chi connectivity index (χ1v) is 4.76. The quantitative estimate of drug-likeness (QED) is 0.632. The van der Waals surface area contributed by atoms with Crippen LogP contribution in [0.25, 0.3) is 0 Å². The monoisotopic (exact) mass is 194 g/mol. The first kappa shape index (κ1) is 9.27. The van der Waals surface area contributed by atoms with E-state index in [0.717, 1.165) is 6.54 Å². The molecule has 1 fully saturated rings. The standard InChI is InChI=1S/C10H14N2O2/c1-3-6-14-12-9-5-4-8(2)11(7-9)10(12)13/h3-5,8-9H,1,6-7H2,2H3/t8-,9-/m1/s1. The van der Waals surface area contributed by atoms with E-state index in [1.54, 1.807) is 11.0 Å². The second-order valence-corrected chi connectivity index (χ2v) is 3.54. The summed E-state index contributed by atoms with van der Waals surface area (Å²) in [7, 11) is 0. The van der Waals surface area contributed by atoms with Gasteiger partial charge in [-0.3, -0.25) is 4.84 Å². The molecule has 0 spiro atoms. The Balaban J connectivity index is 2.10. The van der Waals surface area contributed by atoms with Gasteiger partial charge in [-0.2, -0.15) is 5.06 Å². The first-order valence-electron chi connectivity index (χ1n) is 4.76. The molecule has 2 atom stereocenters. The number of fused-ring (bicyclic) bond motifs is 2. The Morgan fingerprint density at radius 1 is 1.71 bits per heavy atom. The minimum absolute atomic E-state index is 0.0469. The van der Waals surface area contributed by atoms with Gasteiger partial charge in [0, 0.05) is 12.6 Å². The fourth-order valence-corrected chi connectivity index (χ4v) is 1.78. The second-order valence-electron chi connectivity index (χ2n) is 3.54. The summed E-state index contributed by atoms with van der Waals surface area (Å²) in [5.74, 6) is 0. The number of urea groups is 1. The molecular formula is C10H14N2O2. The van der Waals surface area contributed by atoms with Gasteiger partial charge in [-0.25, -0.2) is 4.79 Å². The van der Waals surface area contributed by atoms with Crippen molar-refractivity contribution in [1.29, 1.82) is 0 Å². The highest BCUT2D eigenvalue weighted by Crippen LogP contribution is 2.24. The summed E-state index contributed by atoms with van der Waals surface area (Å²) in [6, 6.07) is 0.198. The number of amides is 2. The lowest BCUT2D eigenvalue weighted by Crippen LogP contribution is -2.36. The van der Waals surface area contributed by atoms with Crippen LogP contribution >= 0.6 is 0 Å². The third-order valence-corrected chi connectivity index (χ3v) is 2.55. The van der Waals surface area contributed by atoms with Gasteiger partial charge in [0.15, 0.2) is 0 Å². The smallest absolute Gasteiger partial charge is 0.314 e. The summed E-state index contributed by atoms with van der Waals surface area (Å²) in [6.07, 6.45) is 5.69. The molecule has 0 aliphatic carbocycles. The van der Waals surface area contributed by atoms with E-state index >= 15 is 0 Å². The summed E-state index contributed by atoms with van der Waals surface area (Å²) in [6.45, 7) is 6.66. The van der Waals surface area contributed by atoms with Crippen molar-refractivity contribution < 1.29 is 9.63 Å². The Hall–Kier alpha value is -1.29. The molecule has 0 N–H and O–H groups in total. The van der Waals surface area contributed by atoms with Crippen LogP contribution < -0.4 is 0 Å². The van der Waals surface area contributed by atoms with E-state index in [1.807, 2.05) is 19.1 Å². The minimum Gasteiger partial charge on any atom is -0.314 e. The number of nitrogens with zero attached hydrogens (tertiary/aromatic N) is 2. The van der Waals surface area contributed by atoms with Gasteiger partial charge in [0.05, 0.1) is 12.6 Å². The number of carbonyl (C=O) groups is 1. The predicted octanol–water partition coefficient (Wildman–Crippen LogP) is 1.17. The van der Waals surface area contributed by atoms with E-state index in [1.165, 1.54) is 5.06 Å². The molecule has 2 bridgehead atoms. The Bertz CT molecular complexity index is 288. The fraction of sp³-hybridized carbons (Fsp3) is 0.500. The van der Waals surface area contributed by atoms with Gasteiger partial charge >= 0.3 is 6.03 Å². The lowest BCUT2D eigenvalue weighted by Gasteiger charge is -2.21. The zero-order chi connectivity index (χ0) is 10.1. The normalized spacial score (nSPS) is 29.9. The van der Waals surface area contributed by atoms with E-state index in [0.29, 0.717) is 6.61 Å². The van der Waals surface area contributed by atoms with E-state index in [-0.39, 0.29) is 18.1 Å². The number of hydrogen-bond donors (Lipinski definition) is 0. The van der Waals surface area contributed by atoms with Crippen LogP contribution in [0.15, 0.2) is 24.8 Å². The van der Waals surface area contributed by atoms with Crippen molar-refractivity contribution in [3.63, 3.8) is 0 Å². The molecule has 0 aromatic carbocycles. The van der Waals surface area contributed by atoms with E-state index in [4.69, 9.17) is 4.84 Å². The van der Waals surface area contributed by atoms with Gasteiger partial charge in [0.1, 0.15) is 0 Å². The Labute approximate surface area is 83.4 Å². The molecule has 0 radical (unpaired) electrons. The summed E-state index contributed by atoms with van der Waals surface area (Å²) >= 11 is 0. The number of hydroxylamine groups is 2. The number of rotatable bonds is 3.